The van der Waals surface area contributed by atoms with Gasteiger partial charge < -0.3 is 68.3 Å². The number of benzene rings is 1. The van der Waals surface area contributed by atoms with Gasteiger partial charge in [-0.25, -0.2) is 4.79 Å². The predicted octanol–water partition coefficient (Wildman–Crippen LogP) is -1.66. The summed E-state index contributed by atoms with van der Waals surface area (Å²) in [7, 11) is 0. The summed E-state index contributed by atoms with van der Waals surface area (Å²) in [5.74, 6) is 0.295. The van der Waals surface area contributed by atoms with Gasteiger partial charge in [0, 0.05) is 12.1 Å². The minimum atomic E-state index is -1.93. The van der Waals surface area contributed by atoms with Crippen LogP contribution in [0.3, 0.4) is 0 Å². The quantitative estimate of drug-likeness (QED) is 0.129. The average Bonchev–Trinajstić information content (AvgIpc) is 3.54. The summed E-state index contributed by atoms with van der Waals surface area (Å²) in [5.41, 5.74) is -3.32. The van der Waals surface area contributed by atoms with E-state index in [2.05, 4.69) is 0 Å². The van der Waals surface area contributed by atoms with Crippen LogP contribution in [0.15, 0.2) is 44.2 Å². The Labute approximate surface area is 238 Å². The molecule has 2 aliphatic rings. The number of aliphatic hydroxyl groups excluding tert-OH is 6. The summed E-state index contributed by atoms with van der Waals surface area (Å²) in [6, 6.07) is 5.97. The molecular weight excluding hydrogens is 564 g/mol. The molecule has 232 valence electrons. The zero-order valence-corrected chi connectivity index (χ0v) is 22.7. The Bertz CT molecular complexity index is 1430. The number of hydrogen-bond donors (Lipinski definition) is 7. The summed E-state index contributed by atoms with van der Waals surface area (Å²) in [4.78, 5) is 11.7. The highest BCUT2D eigenvalue weighted by molar-refractivity contribution is 6.01. The lowest BCUT2D eigenvalue weighted by molar-refractivity contribution is -0.337. The van der Waals surface area contributed by atoms with E-state index >= 15 is 0 Å². The first-order chi connectivity index (χ1) is 19.8. The molecule has 4 heterocycles. The van der Waals surface area contributed by atoms with Crippen LogP contribution >= 0.6 is 0 Å². The molecule has 0 spiro atoms. The van der Waals surface area contributed by atoms with E-state index < -0.39 is 85.9 Å². The zero-order chi connectivity index (χ0) is 30.4. The van der Waals surface area contributed by atoms with E-state index in [9.17, 15) is 40.5 Å². The van der Waals surface area contributed by atoms with Gasteiger partial charge in [-0.3, -0.25) is 0 Å². The lowest BCUT2D eigenvalue weighted by atomic mass is 9.97. The molecule has 2 fully saturated rings. The van der Waals surface area contributed by atoms with Crippen molar-refractivity contribution >= 4 is 21.9 Å². The standard InChI is InChI=1S/C27H34O15/c1-26(2,17(29)9-37-22-12-3-4-18(30)40-15(12)7-14-13(22)5-6-36-14)42-24-21(33)20(32)19(31)16(41-24)8-38-25-23(34)27(35,10-28)11-39-25/h3-7,16-17,19-21,23-25,28-29,31-35H,8-11H2,1-2H3/t16-,17-,19-,20+,21-,23+,24+,25-,27-/m1/s1. The minimum absolute atomic E-state index is 0.223. The fourth-order valence-electron chi connectivity index (χ4n) is 4.78. The third-order valence-electron chi connectivity index (χ3n) is 7.59. The van der Waals surface area contributed by atoms with Gasteiger partial charge in [-0.2, -0.15) is 0 Å². The van der Waals surface area contributed by atoms with Crippen molar-refractivity contribution in [2.45, 2.75) is 74.3 Å². The highest BCUT2D eigenvalue weighted by atomic mass is 16.7. The van der Waals surface area contributed by atoms with Gasteiger partial charge in [0.05, 0.1) is 42.5 Å². The van der Waals surface area contributed by atoms with E-state index in [1.165, 1.54) is 32.2 Å². The van der Waals surface area contributed by atoms with Crippen molar-refractivity contribution in [1.29, 1.82) is 0 Å². The first-order valence-electron chi connectivity index (χ1n) is 13.2. The lowest BCUT2D eigenvalue weighted by Crippen LogP contribution is -2.62. The van der Waals surface area contributed by atoms with Crippen LogP contribution < -0.4 is 10.4 Å². The van der Waals surface area contributed by atoms with Gasteiger partial charge in [0.2, 0.25) is 0 Å². The smallest absolute Gasteiger partial charge is 0.336 e. The van der Waals surface area contributed by atoms with E-state index in [4.69, 9.17) is 32.5 Å². The Balaban J connectivity index is 1.25. The number of furan rings is 1. The molecular formula is C27H34O15. The van der Waals surface area contributed by atoms with Crippen LogP contribution in [0, 0.1) is 0 Å². The number of aliphatic hydroxyl groups is 7. The van der Waals surface area contributed by atoms with Crippen molar-refractivity contribution in [1.82, 2.24) is 0 Å². The van der Waals surface area contributed by atoms with Gasteiger partial charge in [-0.05, 0) is 26.0 Å². The topological polar surface area (TPSA) is 231 Å². The molecule has 0 aliphatic carbocycles. The molecule has 5 rings (SSSR count). The Morgan fingerprint density at radius 2 is 1.79 bits per heavy atom. The van der Waals surface area contributed by atoms with Crippen LogP contribution in [0.1, 0.15) is 13.8 Å². The number of rotatable bonds is 10. The highest BCUT2D eigenvalue weighted by Crippen LogP contribution is 2.36. The van der Waals surface area contributed by atoms with E-state index in [1.54, 1.807) is 12.1 Å². The molecule has 42 heavy (non-hydrogen) atoms. The number of ether oxygens (including phenoxy) is 5. The molecule has 2 aliphatic heterocycles. The first kappa shape index (κ1) is 30.8. The molecule has 0 bridgehead atoms. The average molecular weight is 599 g/mol. The fourth-order valence-corrected chi connectivity index (χ4v) is 4.78. The van der Waals surface area contributed by atoms with Crippen molar-refractivity contribution in [3.8, 4) is 5.75 Å². The summed E-state index contributed by atoms with van der Waals surface area (Å²) in [6.07, 6.45) is -10.8. The monoisotopic (exact) mass is 598 g/mol. The van der Waals surface area contributed by atoms with E-state index in [0.29, 0.717) is 22.1 Å². The molecule has 0 amide bonds. The van der Waals surface area contributed by atoms with Gasteiger partial charge in [0.1, 0.15) is 65.7 Å². The molecule has 0 radical (unpaired) electrons. The van der Waals surface area contributed by atoms with E-state index in [1.807, 2.05) is 0 Å². The van der Waals surface area contributed by atoms with Gasteiger partial charge in [-0.15, -0.1) is 0 Å². The fraction of sp³-hybridized carbons (Fsp3) is 0.593. The summed E-state index contributed by atoms with van der Waals surface area (Å²) < 4.78 is 38.7. The van der Waals surface area contributed by atoms with Gasteiger partial charge in [-0.1, -0.05) is 0 Å². The van der Waals surface area contributed by atoms with Crippen molar-refractivity contribution in [3.63, 3.8) is 0 Å². The molecule has 3 aromatic rings. The second-order valence-electron chi connectivity index (χ2n) is 11.0. The largest absolute Gasteiger partial charge is 0.489 e. The molecule has 9 atom stereocenters. The second-order valence-corrected chi connectivity index (χ2v) is 11.0. The molecule has 7 N–H and O–H groups in total. The third kappa shape index (κ3) is 5.78. The Kier molecular flexibility index (Phi) is 8.63. The molecule has 15 heteroatoms. The van der Waals surface area contributed by atoms with Crippen molar-refractivity contribution in [3.05, 3.63) is 40.9 Å². The van der Waals surface area contributed by atoms with Crippen LogP contribution in [0.2, 0.25) is 0 Å². The van der Waals surface area contributed by atoms with Crippen LogP contribution in [0.5, 0.6) is 5.75 Å². The van der Waals surface area contributed by atoms with Gasteiger partial charge >= 0.3 is 5.63 Å². The third-order valence-corrected chi connectivity index (χ3v) is 7.59. The molecule has 1 aromatic carbocycles. The zero-order valence-electron chi connectivity index (χ0n) is 22.7. The minimum Gasteiger partial charge on any atom is -0.489 e. The van der Waals surface area contributed by atoms with Crippen LogP contribution in [-0.2, 0) is 18.9 Å². The molecule has 2 saturated heterocycles. The summed E-state index contributed by atoms with van der Waals surface area (Å²) >= 11 is 0. The normalized spacial score (nSPS) is 32.9. The molecule has 2 aromatic heterocycles. The maximum Gasteiger partial charge on any atom is 0.336 e. The van der Waals surface area contributed by atoms with Gasteiger partial charge in [0.25, 0.3) is 0 Å². The number of hydrogen-bond acceptors (Lipinski definition) is 15. The van der Waals surface area contributed by atoms with Crippen LogP contribution in [-0.4, -0.2) is 123 Å². The Hall–Kier alpha value is -2.67. The highest BCUT2D eigenvalue weighted by Gasteiger charge is 2.51. The molecule has 0 saturated carbocycles. The SMILES string of the molecule is CC(C)(O[C@@H]1O[C@H](CO[C@@H]2OC[C@](O)(CO)[C@H]2O)[C@@H](O)[C@H](O)[C@H]1O)[C@H](O)COc1c2ccoc2cc2oc(=O)ccc12. The van der Waals surface area contributed by atoms with E-state index in [-0.39, 0.29) is 12.2 Å². The van der Waals surface area contributed by atoms with Crippen molar-refractivity contribution in [2.75, 3.05) is 26.4 Å². The second kappa shape index (κ2) is 11.8. The summed E-state index contributed by atoms with van der Waals surface area (Å²) in [5, 5.41) is 73.1. The molecule has 0 unspecified atom stereocenters. The van der Waals surface area contributed by atoms with E-state index in [0.717, 1.165) is 0 Å². The maximum absolute atomic E-state index is 11.7. The van der Waals surface area contributed by atoms with Crippen molar-refractivity contribution < 1.29 is 68.3 Å². The number of fused-ring (bicyclic) bond motifs is 2. The molecule has 15 nitrogen and oxygen atoms in total. The predicted molar refractivity (Wildman–Crippen MR) is 139 cm³/mol. The van der Waals surface area contributed by atoms with Crippen LogP contribution in [0.25, 0.3) is 21.9 Å². The Morgan fingerprint density at radius 1 is 1.05 bits per heavy atom. The van der Waals surface area contributed by atoms with Crippen molar-refractivity contribution in [2.24, 2.45) is 0 Å². The lowest BCUT2D eigenvalue weighted by Gasteiger charge is -2.44. The first-order valence-corrected chi connectivity index (χ1v) is 13.2. The van der Waals surface area contributed by atoms with Gasteiger partial charge in [0.15, 0.2) is 12.6 Å². The maximum atomic E-state index is 11.7. The Morgan fingerprint density at radius 3 is 2.50 bits per heavy atom. The summed E-state index contributed by atoms with van der Waals surface area (Å²) in [6.45, 7) is 1.03. The van der Waals surface area contributed by atoms with Crippen LogP contribution in [0.4, 0.5) is 0 Å².